The number of hydrogen-bond donors (Lipinski definition) is 0. The van der Waals surface area contributed by atoms with E-state index in [1.807, 2.05) is 0 Å². The van der Waals surface area contributed by atoms with Crippen LogP contribution in [0.1, 0.15) is 58.9 Å². The number of hydrogen-bond acceptors (Lipinski definition) is 3. The Labute approximate surface area is 134 Å². The molecule has 0 amide bonds. The molecule has 0 atom stereocenters. The molecule has 1 aromatic carbocycles. The van der Waals surface area contributed by atoms with Crippen molar-refractivity contribution in [1.82, 2.24) is 0 Å². The summed E-state index contributed by atoms with van der Waals surface area (Å²) >= 11 is 0. The monoisotopic (exact) mass is 302 g/mol. The first-order valence-corrected chi connectivity index (χ1v) is 8.43. The summed E-state index contributed by atoms with van der Waals surface area (Å²) in [4.78, 5) is 0. The summed E-state index contributed by atoms with van der Waals surface area (Å²) in [7, 11) is -0.295. The normalized spacial score (nSPS) is 24.1. The van der Waals surface area contributed by atoms with Gasteiger partial charge >= 0.3 is 7.12 Å². The molecule has 1 aromatic rings. The minimum Gasteiger partial charge on any atom is -0.399 e. The van der Waals surface area contributed by atoms with Crippen LogP contribution in [0.5, 0.6) is 0 Å². The first kappa shape index (κ1) is 16.0. The lowest BCUT2D eigenvalue weighted by Gasteiger charge is -2.32. The Morgan fingerprint density at radius 3 is 2.36 bits per heavy atom. The molecule has 0 bridgehead atoms. The third kappa shape index (κ3) is 3.24. The van der Waals surface area contributed by atoms with Gasteiger partial charge in [-0.15, -0.1) is 0 Å². The Kier molecular flexibility index (Phi) is 4.37. The molecule has 2 aliphatic rings. The minimum absolute atomic E-state index is 0.295. The lowest BCUT2D eigenvalue weighted by molar-refractivity contribution is 0.00578. The second-order valence-corrected chi connectivity index (χ2v) is 7.55. The van der Waals surface area contributed by atoms with Gasteiger partial charge in [0.05, 0.1) is 23.9 Å². The second kappa shape index (κ2) is 5.99. The molecule has 1 aliphatic heterocycles. The van der Waals surface area contributed by atoms with Crippen molar-refractivity contribution < 1.29 is 14.0 Å². The maximum atomic E-state index is 6.12. The highest BCUT2D eigenvalue weighted by atomic mass is 16.7. The molecule has 22 heavy (non-hydrogen) atoms. The molecule has 3 rings (SSSR count). The lowest BCUT2D eigenvalue weighted by atomic mass is 9.78. The highest BCUT2D eigenvalue weighted by Gasteiger charge is 2.51. The Balaban J connectivity index is 1.66. The van der Waals surface area contributed by atoms with Crippen LogP contribution in [-0.2, 0) is 20.7 Å². The Hall–Kier alpha value is -0.835. The van der Waals surface area contributed by atoms with Crippen molar-refractivity contribution in [3.05, 3.63) is 29.8 Å². The van der Waals surface area contributed by atoms with Crippen LogP contribution >= 0.6 is 0 Å². The van der Waals surface area contributed by atoms with Crippen molar-refractivity contribution in [3.8, 4) is 0 Å². The van der Waals surface area contributed by atoms with Crippen molar-refractivity contribution >= 4 is 12.6 Å². The summed E-state index contributed by atoms with van der Waals surface area (Å²) in [6.45, 7) is 9.01. The van der Waals surface area contributed by atoms with Gasteiger partial charge in [-0.05, 0) is 51.6 Å². The van der Waals surface area contributed by atoms with Gasteiger partial charge in [0.25, 0.3) is 0 Å². The van der Waals surface area contributed by atoms with E-state index in [1.54, 1.807) is 0 Å². The quantitative estimate of drug-likeness (QED) is 0.797. The largest absolute Gasteiger partial charge is 0.494 e. The Morgan fingerprint density at radius 2 is 1.73 bits per heavy atom. The molecule has 2 fully saturated rings. The van der Waals surface area contributed by atoms with Crippen molar-refractivity contribution in [2.45, 2.75) is 77.3 Å². The van der Waals surface area contributed by atoms with Gasteiger partial charge in [-0.25, -0.2) is 0 Å². The van der Waals surface area contributed by atoms with E-state index in [-0.39, 0.29) is 18.3 Å². The van der Waals surface area contributed by atoms with Gasteiger partial charge in [0.1, 0.15) is 0 Å². The maximum Gasteiger partial charge on any atom is 0.494 e. The SMILES string of the molecule is CC1(C)OB(c2cccc(COC3CCCC3)c2)OC1(C)C. The van der Waals surface area contributed by atoms with E-state index in [4.69, 9.17) is 14.0 Å². The summed E-state index contributed by atoms with van der Waals surface area (Å²) in [5.41, 5.74) is 1.67. The zero-order valence-electron chi connectivity index (χ0n) is 14.2. The first-order chi connectivity index (χ1) is 10.4. The van der Waals surface area contributed by atoms with E-state index in [2.05, 4.69) is 52.0 Å². The average Bonchev–Trinajstić information content (AvgIpc) is 3.04. The molecule has 120 valence electrons. The molecule has 1 saturated heterocycles. The van der Waals surface area contributed by atoms with E-state index in [0.717, 1.165) is 5.46 Å². The van der Waals surface area contributed by atoms with Gasteiger partial charge in [0.2, 0.25) is 0 Å². The van der Waals surface area contributed by atoms with Crippen LogP contribution in [0.4, 0.5) is 0 Å². The smallest absolute Gasteiger partial charge is 0.399 e. The predicted octanol–water partition coefficient (Wildman–Crippen LogP) is 3.45. The van der Waals surface area contributed by atoms with Crippen molar-refractivity contribution in [1.29, 1.82) is 0 Å². The molecule has 0 spiro atoms. The summed E-state index contributed by atoms with van der Waals surface area (Å²) in [6, 6.07) is 8.40. The highest BCUT2D eigenvalue weighted by molar-refractivity contribution is 6.62. The molecule has 0 aromatic heterocycles. The second-order valence-electron chi connectivity index (χ2n) is 7.55. The van der Waals surface area contributed by atoms with E-state index in [1.165, 1.54) is 31.2 Å². The maximum absolute atomic E-state index is 6.12. The third-order valence-corrected chi connectivity index (χ3v) is 5.26. The summed E-state index contributed by atoms with van der Waals surface area (Å²) < 4.78 is 18.2. The van der Waals surface area contributed by atoms with E-state index in [0.29, 0.717) is 12.7 Å². The average molecular weight is 302 g/mol. The number of rotatable bonds is 4. The van der Waals surface area contributed by atoms with Crippen LogP contribution in [0.15, 0.2) is 24.3 Å². The van der Waals surface area contributed by atoms with Gasteiger partial charge in [0.15, 0.2) is 0 Å². The van der Waals surface area contributed by atoms with Gasteiger partial charge in [-0.1, -0.05) is 37.1 Å². The van der Waals surface area contributed by atoms with Gasteiger partial charge in [-0.2, -0.15) is 0 Å². The van der Waals surface area contributed by atoms with Crippen LogP contribution in [-0.4, -0.2) is 24.4 Å². The van der Waals surface area contributed by atoms with Gasteiger partial charge in [0, 0.05) is 0 Å². The molecular weight excluding hydrogens is 275 g/mol. The summed E-state index contributed by atoms with van der Waals surface area (Å²) in [5.74, 6) is 0. The summed E-state index contributed by atoms with van der Waals surface area (Å²) in [6.07, 6.45) is 5.46. The van der Waals surface area contributed by atoms with Gasteiger partial charge < -0.3 is 14.0 Å². The standard InChI is InChI=1S/C18H27BO3/c1-17(2)18(3,4)22-19(21-17)15-9-7-8-14(12-15)13-20-16-10-5-6-11-16/h7-9,12,16H,5-6,10-11,13H2,1-4H3. The Bertz CT molecular complexity index is 505. The van der Waals surface area contributed by atoms with Crippen LogP contribution in [0.2, 0.25) is 0 Å². The highest BCUT2D eigenvalue weighted by Crippen LogP contribution is 2.36. The molecule has 1 aliphatic carbocycles. The fourth-order valence-electron chi connectivity index (χ4n) is 3.08. The fourth-order valence-corrected chi connectivity index (χ4v) is 3.08. The fraction of sp³-hybridized carbons (Fsp3) is 0.667. The van der Waals surface area contributed by atoms with E-state index in [9.17, 15) is 0 Å². The number of ether oxygens (including phenoxy) is 1. The molecule has 1 heterocycles. The molecule has 0 radical (unpaired) electrons. The van der Waals surface area contributed by atoms with E-state index >= 15 is 0 Å². The molecule has 4 heteroatoms. The predicted molar refractivity (Wildman–Crippen MR) is 89.2 cm³/mol. The molecule has 0 unspecified atom stereocenters. The molecule has 3 nitrogen and oxygen atoms in total. The molecular formula is C18H27BO3. The topological polar surface area (TPSA) is 27.7 Å². The van der Waals surface area contributed by atoms with Gasteiger partial charge in [-0.3, -0.25) is 0 Å². The number of benzene rings is 1. The third-order valence-electron chi connectivity index (χ3n) is 5.26. The summed E-state index contributed by atoms with van der Waals surface area (Å²) in [5, 5.41) is 0. The molecule has 1 saturated carbocycles. The van der Waals surface area contributed by atoms with Crippen LogP contribution < -0.4 is 5.46 Å². The zero-order valence-corrected chi connectivity index (χ0v) is 14.2. The zero-order chi connectivity index (χ0) is 15.8. The molecule has 0 N–H and O–H groups in total. The van der Waals surface area contributed by atoms with Crippen molar-refractivity contribution in [3.63, 3.8) is 0 Å². The minimum atomic E-state index is -0.298. The van der Waals surface area contributed by atoms with Crippen LogP contribution in [0.3, 0.4) is 0 Å². The van der Waals surface area contributed by atoms with Crippen LogP contribution in [0, 0.1) is 0 Å². The van der Waals surface area contributed by atoms with Crippen molar-refractivity contribution in [2.24, 2.45) is 0 Å². The Morgan fingerprint density at radius 1 is 1.09 bits per heavy atom. The van der Waals surface area contributed by atoms with Crippen molar-refractivity contribution in [2.75, 3.05) is 0 Å². The van der Waals surface area contributed by atoms with E-state index < -0.39 is 0 Å². The lowest BCUT2D eigenvalue weighted by Crippen LogP contribution is -2.41. The first-order valence-electron chi connectivity index (χ1n) is 8.43. The van der Waals surface area contributed by atoms with Crippen LogP contribution in [0.25, 0.3) is 0 Å².